The Bertz CT molecular complexity index is 535. The fraction of sp³-hybridized carbons (Fsp3) is 0.385. The number of benzene rings is 1. The SMILES string of the molecule is CCNC(Cc1cn(C)nn1)c1cc(Cl)cc(Br)c1. The third kappa shape index (κ3) is 4.03. The number of halogens is 2. The predicted molar refractivity (Wildman–Crippen MR) is 80.3 cm³/mol. The maximum absolute atomic E-state index is 6.11. The van der Waals surface area contributed by atoms with Crippen molar-refractivity contribution in [2.75, 3.05) is 6.54 Å². The van der Waals surface area contributed by atoms with Gasteiger partial charge in [-0.15, -0.1) is 5.10 Å². The van der Waals surface area contributed by atoms with Gasteiger partial charge < -0.3 is 5.32 Å². The van der Waals surface area contributed by atoms with Crippen LogP contribution in [-0.2, 0) is 13.5 Å². The van der Waals surface area contributed by atoms with E-state index in [0.29, 0.717) is 0 Å². The highest BCUT2D eigenvalue weighted by Gasteiger charge is 2.14. The Morgan fingerprint density at radius 1 is 1.42 bits per heavy atom. The van der Waals surface area contributed by atoms with E-state index in [4.69, 9.17) is 11.6 Å². The summed E-state index contributed by atoms with van der Waals surface area (Å²) in [5.41, 5.74) is 2.11. The van der Waals surface area contributed by atoms with Gasteiger partial charge in [-0.3, -0.25) is 4.68 Å². The Hall–Kier alpha value is -0.910. The second-order valence-electron chi connectivity index (χ2n) is 4.40. The van der Waals surface area contributed by atoms with Crippen molar-refractivity contribution in [2.24, 2.45) is 7.05 Å². The molecule has 2 aromatic rings. The molecule has 2 rings (SSSR count). The molecule has 1 heterocycles. The molecule has 0 aliphatic rings. The second kappa shape index (κ2) is 6.50. The number of likely N-dealkylation sites (N-methyl/N-ethyl adjacent to an activating group) is 1. The molecule has 1 atom stereocenters. The molecule has 4 nitrogen and oxygen atoms in total. The number of hydrogen-bond donors (Lipinski definition) is 1. The molecule has 0 fully saturated rings. The minimum Gasteiger partial charge on any atom is -0.310 e. The van der Waals surface area contributed by atoms with E-state index in [2.05, 4.69) is 44.5 Å². The highest BCUT2D eigenvalue weighted by atomic mass is 79.9. The molecule has 6 heteroatoms. The number of rotatable bonds is 5. The average molecular weight is 344 g/mol. The van der Waals surface area contributed by atoms with E-state index in [1.54, 1.807) is 4.68 Å². The number of hydrogen-bond acceptors (Lipinski definition) is 3. The monoisotopic (exact) mass is 342 g/mol. The summed E-state index contributed by atoms with van der Waals surface area (Å²) in [6, 6.07) is 6.12. The van der Waals surface area contributed by atoms with Gasteiger partial charge in [-0.05, 0) is 30.3 Å². The van der Waals surface area contributed by atoms with Crippen molar-refractivity contribution < 1.29 is 0 Å². The van der Waals surface area contributed by atoms with Gasteiger partial charge in [0.25, 0.3) is 0 Å². The zero-order valence-electron chi connectivity index (χ0n) is 10.9. The molecule has 0 aliphatic heterocycles. The minimum absolute atomic E-state index is 0.178. The van der Waals surface area contributed by atoms with Gasteiger partial charge in [0.05, 0.1) is 5.69 Å². The van der Waals surface area contributed by atoms with Crippen molar-refractivity contribution in [3.05, 3.63) is 45.1 Å². The number of aromatic nitrogens is 3. The quantitative estimate of drug-likeness (QED) is 0.907. The van der Waals surface area contributed by atoms with E-state index in [-0.39, 0.29) is 6.04 Å². The van der Waals surface area contributed by atoms with Gasteiger partial charge in [0.15, 0.2) is 0 Å². The topological polar surface area (TPSA) is 42.7 Å². The third-order valence-corrected chi connectivity index (χ3v) is 3.48. The summed E-state index contributed by atoms with van der Waals surface area (Å²) in [6.45, 7) is 2.97. The van der Waals surface area contributed by atoms with Gasteiger partial charge in [-0.25, -0.2) is 0 Å². The summed E-state index contributed by atoms with van der Waals surface area (Å²) in [4.78, 5) is 0. The number of aryl methyl sites for hydroxylation is 1. The molecule has 0 bridgehead atoms. The van der Waals surface area contributed by atoms with Crippen LogP contribution in [0.5, 0.6) is 0 Å². The first-order chi connectivity index (χ1) is 9.08. The molecular formula is C13H16BrClN4. The van der Waals surface area contributed by atoms with Crippen LogP contribution in [0.4, 0.5) is 0 Å². The lowest BCUT2D eigenvalue weighted by Gasteiger charge is -2.17. The lowest BCUT2D eigenvalue weighted by Crippen LogP contribution is -2.23. The van der Waals surface area contributed by atoms with Crippen LogP contribution in [0.1, 0.15) is 24.2 Å². The Labute approximate surface area is 126 Å². The van der Waals surface area contributed by atoms with Gasteiger partial charge in [-0.2, -0.15) is 0 Å². The van der Waals surface area contributed by atoms with Crippen molar-refractivity contribution in [3.63, 3.8) is 0 Å². The summed E-state index contributed by atoms with van der Waals surface area (Å²) < 4.78 is 2.70. The molecule has 0 spiro atoms. The number of nitrogens with zero attached hydrogens (tertiary/aromatic N) is 3. The van der Waals surface area contributed by atoms with E-state index in [0.717, 1.165) is 33.7 Å². The van der Waals surface area contributed by atoms with Crippen molar-refractivity contribution >= 4 is 27.5 Å². The normalized spacial score (nSPS) is 12.6. The summed E-state index contributed by atoms with van der Waals surface area (Å²) in [6.07, 6.45) is 2.72. The van der Waals surface area contributed by atoms with E-state index in [1.165, 1.54) is 0 Å². The van der Waals surface area contributed by atoms with Crippen molar-refractivity contribution in [3.8, 4) is 0 Å². The lowest BCUT2D eigenvalue weighted by atomic mass is 10.0. The van der Waals surface area contributed by atoms with Crippen LogP contribution < -0.4 is 5.32 Å². The predicted octanol–water partition coefficient (Wildman–Crippen LogP) is 3.12. The second-order valence-corrected chi connectivity index (χ2v) is 5.75. The summed E-state index contributed by atoms with van der Waals surface area (Å²) >= 11 is 9.59. The first kappa shape index (κ1) is 14.5. The molecule has 0 amide bonds. The van der Waals surface area contributed by atoms with Gasteiger partial charge in [0.2, 0.25) is 0 Å². The first-order valence-corrected chi connectivity index (χ1v) is 7.30. The van der Waals surface area contributed by atoms with E-state index < -0.39 is 0 Å². The largest absolute Gasteiger partial charge is 0.310 e. The first-order valence-electron chi connectivity index (χ1n) is 6.13. The molecule has 1 N–H and O–H groups in total. The van der Waals surface area contributed by atoms with Crippen LogP contribution in [0.25, 0.3) is 0 Å². The molecule has 0 saturated heterocycles. The molecule has 1 aromatic heterocycles. The van der Waals surface area contributed by atoms with Crippen LogP contribution in [0.2, 0.25) is 5.02 Å². The van der Waals surface area contributed by atoms with Crippen molar-refractivity contribution in [1.29, 1.82) is 0 Å². The standard InChI is InChI=1S/C13H16BrClN4/c1-3-16-13(7-12-8-19(2)18-17-12)9-4-10(14)6-11(15)5-9/h4-6,8,13,16H,3,7H2,1-2H3. The maximum Gasteiger partial charge on any atom is 0.0845 e. The minimum atomic E-state index is 0.178. The molecular weight excluding hydrogens is 328 g/mol. The van der Waals surface area contributed by atoms with Crippen LogP contribution in [-0.4, -0.2) is 21.5 Å². The third-order valence-electron chi connectivity index (χ3n) is 2.80. The zero-order valence-corrected chi connectivity index (χ0v) is 13.2. The fourth-order valence-electron chi connectivity index (χ4n) is 2.03. The van der Waals surface area contributed by atoms with Gasteiger partial charge in [0, 0.05) is 35.2 Å². The van der Waals surface area contributed by atoms with E-state index in [1.807, 2.05) is 25.4 Å². The molecule has 0 saturated carbocycles. The maximum atomic E-state index is 6.11. The number of nitrogens with one attached hydrogen (secondary N) is 1. The van der Waals surface area contributed by atoms with Crippen molar-refractivity contribution in [2.45, 2.75) is 19.4 Å². The van der Waals surface area contributed by atoms with Crippen LogP contribution in [0.15, 0.2) is 28.9 Å². The molecule has 19 heavy (non-hydrogen) atoms. The van der Waals surface area contributed by atoms with Gasteiger partial charge in [0.1, 0.15) is 0 Å². The van der Waals surface area contributed by atoms with E-state index >= 15 is 0 Å². The summed E-state index contributed by atoms with van der Waals surface area (Å²) in [5.74, 6) is 0. The van der Waals surface area contributed by atoms with Crippen LogP contribution >= 0.6 is 27.5 Å². The zero-order chi connectivity index (χ0) is 13.8. The highest BCUT2D eigenvalue weighted by Crippen LogP contribution is 2.25. The van der Waals surface area contributed by atoms with E-state index in [9.17, 15) is 0 Å². The fourth-order valence-corrected chi connectivity index (χ4v) is 2.91. The molecule has 0 aliphatic carbocycles. The Kier molecular flexibility index (Phi) is 4.96. The smallest absolute Gasteiger partial charge is 0.0845 e. The Morgan fingerprint density at radius 2 is 2.21 bits per heavy atom. The molecule has 102 valence electrons. The van der Waals surface area contributed by atoms with Gasteiger partial charge >= 0.3 is 0 Å². The Morgan fingerprint density at radius 3 is 2.79 bits per heavy atom. The van der Waals surface area contributed by atoms with Crippen LogP contribution in [0, 0.1) is 0 Å². The van der Waals surface area contributed by atoms with Gasteiger partial charge in [-0.1, -0.05) is 39.7 Å². The molecule has 1 unspecified atom stereocenters. The summed E-state index contributed by atoms with van der Waals surface area (Å²) in [7, 11) is 1.87. The molecule has 0 radical (unpaired) electrons. The van der Waals surface area contributed by atoms with Crippen molar-refractivity contribution in [1.82, 2.24) is 20.3 Å². The Balaban J connectivity index is 2.23. The lowest BCUT2D eigenvalue weighted by molar-refractivity contribution is 0.543. The highest BCUT2D eigenvalue weighted by molar-refractivity contribution is 9.10. The molecule has 1 aromatic carbocycles. The summed E-state index contributed by atoms with van der Waals surface area (Å²) in [5, 5.41) is 12.3. The average Bonchev–Trinajstić information content (AvgIpc) is 2.73. The van der Waals surface area contributed by atoms with Crippen LogP contribution in [0.3, 0.4) is 0 Å².